The molecule has 0 spiro atoms. The highest BCUT2D eigenvalue weighted by Gasteiger charge is 2.42. The van der Waals surface area contributed by atoms with Gasteiger partial charge in [0.1, 0.15) is 5.54 Å². The van der Waals surface area contributed by atoms with E-state index in [9.17, 15) is 4.79 Å². The van der Waals surface area contributed by atoms with Gasteiger partial charge in [0.05, 0.1) is 26.4 Å². The number of likely N-dealkylation sites (N-methyl/N-ethyl adjacent to an activating group) is 1. The molecule has 0 aromatic heterocycles. The van der Waals surface area contributed by atoms with Gasteiger partial charge in [-0.25, -0.2) is 0 Å². The number of carbonyl (C=O) groups is 1. The molecule has 0 heterocycles. The van der Waals surface area contributed by atoms with Crippen LogP contribution in [-0.2, 0) is 23.7 Å². The van der Waals surface area contributed by atoms with Gasteiger partial charge in [-0.05, 0) is 32.7 Å². The fraction of sp³-hybridized carbons (Fsp3) is 0.933. The smallest absolute Gasteiger partial charge is 0.326 e. The zero-order valence-corrected chi connectivity index (χ0v) is 13.5. The summed E-state index contributed by atoms with van der Waals surface area (Å²) in [6, 6.07) is 0. The van der Waals surface area contributed by atoms with E-state index in [0.29, 0.717) is 32.8 Å². The van der Waals surface area contributed by atoms with Crippen molar-refractivity contribution >= 4 is 5.97 Å². The van der Waals surface area contributed by atoms with E-state index in [0.717, 1.165) is 25.7 Å². The van der Waals surface area contributed by atoms with E-state index in [-0.39, 0.29) is 12.1 Å². The highest BCUT2D eigenvalue weighted by Crippen LogP contribution is 2.31. The van der Waals surface area contributed by atoms with Crippen molar-refractivity contribution in [2.75, 3.05) is 47.7 Å². The van der Waals surface area contributed by atoms with Crippen molar-refractivity contribution in [2.45, 2.75) is 43.7 Å². The maximum absolute atomic E-state index is 12.0. The zero-order chi connectivity index (χ0) is 15.6. The molecule has 21 heavy (non-hydrogen) atoms. The maximum Gasteiger partial charge on any atom is 0.326 e. The molecule has 1 N–H and O–H groups in total. The first-order chi connectivity index (χ1) is 10.2. The van der Waals surface area contributed by atoms with E-state index in [2.05, 4.69) is 5.32 Å². The SMILES string of the molecule is CNC1(C(=O)OC)CCCC(OCCCOCCOC)C1. The van der Waals surface area contributed by atoms with Gasteiger partial charge in [-0.3, -0.25) is 4.79 Å². The summed E-state index contributed by atoms with van der Waals surface area (Å²) in [5.74, 6) is -0.193. The molecule has 1 saturated carbocycles. The second-order valence-electron chi connectivity index (χ2n) is 5.37. The molecule has 0 amide bonds. The summed E-state index contributed by atoms with van der Waals surface area (Å²) < 4.78 is 21.1. The van der Waals surface area contributed by atoms with Crippen LogP contribution < -0.4 is 5.32 Å². The highest BCUT2D eigenvalue weighted by molar-refractivity contribution is 5.80. The van der Waals surface area contributed by atoms with Crippen LogP contribution in [0.15, 0.2) is 0 Å². The van der Waals surface area contributed by atoms with Crippen LogP contribution in [0.3, 0.4) is 0 Å². The predicted molar refractivity (Wildman–Crippen MR) is 79.3 cm³/mol. The molecule has 2 unspecified atom stereocenters. The molecule has 1 rings (SSSR count). The monoisotopic (exact) mass is 303 g/mol. The van der Waals surface area contributed by atoms with E-state index < -0.39 is 5.54 Å². The molecule has 6 nitrogen and oxygen atoms in total. The van der Waals surface area contributed by atoms with Gasteiger partial charge in [-0.15, -0.1) is 0 Å². The molecular formula is C15H29NO5. The minimum absolute atomic E-state index is 0.101. The first-order valence-electron chi connectivity index (χ1n) is 7.64. The van der Waals surface area contributed by atoms with Gasteiger partial charge in [-0.1, -0.05) is 0 Å². The topological polar surface area (TPSA) is 66.0 Å². The Hall–Kier alpha value is -0.690. The lowest BCUT2D eigenvalue weighted by Crippen LogP contribution is -2.55. The van der Waals surface area contributed by atoms with Crippen LogP contribution in [0.25, 0.3) is 0 Å². The number of hydrogen-bond acceptors (Lipinski definition) is 6. The van der Waals surface area contributed by atoms with E-state index in [1.54, 1.807) is 7.11 Å². The van der Waals surface area contributed by atoms with Crippen molar-refractivity contribution in [2.24, 2.45) is 0 Å². The third-order valence-corrected chi connectivity index (χ3v) is 3.98. The molecule has 0 aromatic carbocycles. The molecule has 0 bridgehead atoms. The number of methoxy groups -OCH3 is 2. The zero-order valence-electron chi connectivity index (χ0n) is 13.5. The Morgan fingerprint density at radius 1 is 1.24 bits per heavy atom. The lowest BCUT2D eigenvalue weighted by molar-refractivity contribution is -0.152. The predicted octanol–water partition coefficient (Wildman–Crippen LogP) is 1.13. The van der Waals surface area contributed by atoms with Crippen LogP contribution in [0.2, 0.25) is 0 Å². The van der Waals surface area contributed by atoms with Crippen molar-refractivity contribution in [1.82, 2.24) is 5.32 Å². The van der Waals surface area contributed by atoms with E-state index >= 15 is 0 Å². The van der Waals surface area contributed by atoms with Crippen molar-refractivity contribution in [3.05, 3.63) is 0 Å². The third-order valence-electron chi connectivity index (χ3n) is 3.98. The first-order valence-corrected chi connectivity index (χ1v) is 7.64. The summed E-state index contributed by atoms with van der Waals surface area (Å²) in [5.41, 5.74) is -0.591. The van der Waals surface area contributed by atoms with Crippen molar-refractivity contribution in [1.29, 1.82) is 0 Å². The Morgan fingerprint density at radius 3 is 2.71 bits per heavy atom. The average Bonchev–Trinajstić information content (AvgIpc) is 2.53. The van der Waals surface area contributed by atoms with E-state index in [4.69, 9.17) is 18.9 Å². The quantitative estimate of drug-likeness (QED) is 0.482. The van der Waals surface area contributed by atoms with Crippen molar-refractivity contribution in [3.8, 4) is 0 Å². The Bertz CT molecular complexity index is 300. The van der Waals surface area contributed by atoms with Crippen LogP contribution >= 0.6 is 0 Å². The molecule has 2 atom stereocenters. The molecule has 6 heteroatoms. The van der Waals surface area contributed by atoms with Crippen LogP contribution in [0.1, 0.15) is 32.1 Å². The third kappa shape index (κ3) is 5.90. The summed E-state index contributed by atoms with van der Waals surface area (Å²) in [7, 11) is 4.90. The number of ether oxygens (including phenoxy) is 4. The van der Waals surface area contributed by atoms with Gasteiger partial charge in [-0.2, -0.15) is 0 Å². The van der Waals surface area contributed by atoms with Crippen molar-refractivity contribution in [3.63, 3.8) is 0 Å². The number of esters is 1. The Labute approximate surface area is 127 Å². The molecule has 124 valence electrons. The fourth-order valence-corrected chi connectivity index (χ4v) is 2.73. The van der Waals surface area contributed by atoms with E-state index in [1.807, 2.05) is 7.05 Å². The summed E-state index contributed by atoms with van der Waals surface area (Å²) >= 11 is 0. The van der Waals surface area contributed by atoms with Gasteiger partial charge < -0.3 is 24.3 Å². The maximum atomic E-state index is 12.0. The molecular weight excluding hydrogens is 274 g/mol. The minimum atomic E-state index is -0.591. The molecule has 1 aliphatic carbocycles. The molecule has 0 aliphatic heterocycles. The minimum Gasteiger partial charge on any atom is -0.468 e. The summed E-state index contributed by atoms with van der Waals surface area (Å²) in [5, 5.41) is 3.13. The van der Waals surface area contributed by atoms with Crippen LogP contribution in [0, 0.1) is 0 Å². The Morgan fingerprint density at radius 2 is 2.05 bits per heavy atom. The standard InChI is InChI=1S/C15H29NO5/c1-16-15(14(17)19-3)7-4-6-13(12-15)21-9-5-8-20-11-10-18-2/h13,16H,4-12H2,1-3H3. The lowest BCUT2D eigenvalue weighted by atomic mass is 9.80. The molecule has 0 aromatic rings. The van der Waals surface area contributed by atoms with E-state index in [1.165, 1.54) is 7.11 Å². The van der Waals surface area contributed by atoms with Gasteiger partial charge >= 0.3 is 5.97 Å². The number of hydrogen-bond donors (Lipinski definition) is 1. The summed E-state index contributed by atoms with van der Waals surface area (Å²) in [6.07, 6.45) is 4.38. The lowest BCUT2D eigenvalue weighted by Gasteiger charge is -2.38. The largest absolute Gasteiger partial charge is 0.468 e. The van der Waals surface area contributed by atoms with Crippen LogP contribution in [0.5, 0.6) is 0 Å². The summed E-state index contributed by atoms with van der Waals surface area (Å²) in [4.78, 5) is 12.0. The fourth-order valence-electron chi connectivity index (χ4n) is 2.73. The van der Waals surface area contributed by atoms with Crippen molar-refractivity contribution < 1.29 is 23.7 Å². The van der Waals surface area contributed by atoms with Crippen LogP contribution in [0.4, 0.5) is 0 Å². The number of rotatable bonds is 10. The molecule has 1 fully saturated rings. The average molecular weight is 303 g/mol. The number of nitrogens with one attached hydrogen (secondary N) is 1. The second kappa shape index (κ2) is 10.1. The Kier molecular flexibility index (Phi) is 8.84. The molecule has 1 aliphatic rings. The second-order valence-corrected chi connectivity index (χ2v) is 5.37. The van der Waals surface area contributed by atoms with Crippen LogP contribution in [-0.4, -0.2) is 65.3 Å². The number of carbonyl (C=O) groups excluding carboxylic acids is 1. The highest BCUT2D eigenvalue weighted by atomic mass is 16.5. The van der Waals surface area contributed by atoms with Gasteiger partial charge in [0.15, 0.2) is 0 Å². The summed E-state index contributed by atoms with van der Waals surface area (Å²) in [6.45, 7) is 2.56. The molecule has 0 saturated heterocycles. The van der Waals surface area contributed by atoms with Gasteiger partial charge in [0.2, 0.25) is 0 Å². The Balaban J connectivity index is 2.25. The van der Waals surface area contributed by atoms with Gasteiger partial charge in [0.25, 0.3) is 0 Å². The first kappa shape index (κ1) is 18.4. The normalized spacial score (nSPS) is 25.8. The van der Waals surface area contributed by atoms with Gasteiger partial charge in [0, 0.05) is 26.7 Å². The molecule has 0 radical (unpaired) electrons.